The van der Waals surface area contributed by atoms with Gasteiger partial charge in [-0.3, -0.25) is 0 Å². The molecular weight excluding hydrogens is 258 g/mol. The van der Waals surface area contributed by atoms with Crippen LogP contribution in [0.4, 0.5) is 11.5 Å². The molecule has 4 nitrogen and oxygen atoms in total. The first-order valence-corrected chi connectivity index (χ1v) is 6.76. The lowest BCUT2D eigenvalue weighted by Gasteiger charge is -2.11. The third kappa shape index (κ3) is 2.24. The van der Waals surface area contributed by atoms with Gasteiger partial charge in [0.25, 0.3) is 0 Å². The lowest BCUT2D eigenvalue weighted by Crippen LogP contribution is -1.97. The number of anilines is 2. The SMILES string of the molecule is COc1ccc(C)cc1Nc1ncnc2ccsc12. The van der Waals surface area contributed by atoms with Crippen LogP contribution >= 0.6 is 11.3 Å². The summed E-state index contributed by atoms with van der Waals surface area (Å²) in [6.45, 7) is 2.05. The van der Waals surface area contributed by atoms with Gasteiger partial charge in [-0.2, -0.15) is 0 Å². The second kappa shape index (κ2) is 4.85. The van der Waals surface area contributed by atoms with Crippen LogP contribution in [0, 0.1) is 6.92 Å². The van der Waals surface area contributed by atoms with Crippen LogP contribution in [-0.2, 0) is 0 Å². The number of benzene rings is 1. The topological polar surface area (TPSA) is 47.0 Å². The molecule has 5 heteroatoms. The summed E-state index contributed by atoms with van der Waals surface area (Å²) in [5, 5.41) is 5.34. The van der Waals surface area contributed by atoms with Gasteiger partial charge in [0.2, 0.25) is 0 Å². The highest BCUT2D eigenvalue weighted by molar-refractivity contribution is 7.17. The molecule has 2 heterocycles. The van der Waals surface area contributed by atoms with Crippen LogP contribution in [-0.4, -0.2) is 17.1 Å². The van der Waals surface area contributed by atoms with Crippen molar-refractivity contribution in [3.05, 3.63) is 41.5 Å². The molecule has 1 aromatic carbocycles. The van der Waals surface area contributed by atoms with E-state index in [2.05, 4.69) is 15.3 Å². The normalized spacial score (nSPS) is 10.6. The molecule has 0 spiro atoms. The number of nitrogens with one attached hydrogen (secondary N) is 1. The fraction of sp³-hybridized carbons (Fsp3) is 0.143. The molecule has 2 aromatic heterocycles. The molecule has 0 aliphatic carbocycles. The highest BCUT2D eigenvalue weighted by Gasteiger charge is 2.08. The van der Waals surface area contributed by atoms with Crippen LogP contribution in [0.5, 0.6) is 5.75 Å². The third-order valence-electron chi connectivity index (χ3n) is 2.85. The molecule has 3 rings (SSSR count). The number of thiophene rings is 1. The number of rotatable bonds is 3. The van der Waals surface area contributed by atoms with Crippen molar-refractivity contribution in [3.63, 3.8) is 0 Å². The van der Waals surface area contributed by atoms with E-state index in [1.807, 2.05) is 36.6 Å². The Kier molecular flexibility index (Phi) is 3.05. The van der Waals surface area contributed by atoms with Gasteiger partial charge in [-0.05, 0) is 36.1 Å². The molecule has 96 valence electrons. The van der Waals surface area contributed by atoms with E-state index in [1.54, 1.807) is 24.8 Å². The Bertz CT molecular complexity index is 724. The summed E-state index contributed by atoms with van der Waals surface area (Å²) in [6.07, 6.45) is 1.57. The maximum absolute atomic E-state index is 5.36. The van der Waals surface area contributed by atoms with Crippen molar-refractivity contribution >= 4 is 33.1 Å². The van der Waals surface area contributed by atoms with Gasteiger partial charge >= 0.3 is 0 Å². The van der Waals surface area contributed by atoms with Crippen molar-refractivity contribution in [2.24, 2.45) is 0 Å². The number of hydrogen-bond acceptors (Lipinski definition) is 5. The maximum Gasteiger partial charge on any atom is 0.151 e. The smallest absolute Gasteiger partial charge is 0.151 e. The van der Waals surface area contributed by atoms with Crippen LogP contribution in [0.25, 0.3) is 10.2 Å². The predicted octanol–water partition coefficient (Wildman–Crippen LogP) is 3.75. The first-order valence-electron chi connectivity index (χ1n) is 5.88. The van der Waals surface area contributed by atoms with E-state index in [0.29, 0.717) is 0 Å². The summed E-state index contributed by atoms with van der Waals surface area (Å²) in [5.41, 5.74) is 3.03. The number of nitrogens with zero attached hydrogens (tertiary/aromatic N) is 2. The molecule has 0 aliphatic heterocycles. The maximum atomic E-state index is 5.36. The minimum Gasteiger partial charge on any atom is -0.495 e. The van der Waals surface area contributed by atoms with Gasteiger partial charge < -0.3 is 10.1 Å². The zero-order valence-corrected chi connectivity index (χ0v) is 11.5. The Hall–Kier alpha value is -2.14. The second-order valence-corrected chi connectivity index (χ2v) is 5.10. The number of ether oxygens (including phenoxy) is 1. The minimum absolute atomic E-state index is 0.800. The zero-order valence-electron chi connectivity index (χ0n) is 10.7. The van der Waals surface area contributed by atoms with E-state index in [0.717, 1.165) is 27.5 Å². The Balaban J connectivity index is 2.05. The Morgan fingerprint density at radius 1 is 1.21 bits per heavy atom. The fourth-order valence-corrected chi connectivity index (χ4v) is 2.71. The van der Waals surface area contributed by atoms with Gasteiger partial charge in [0.05, 0.1) is 23.0 Å². The Labute approximate surface area is 115 Å². The fourth-order valence-electron chi connectivity index (χ4n) is 1.92. The van der Waals surface area contributed by atoms with Crippen molar-refractivity contribution in [1.82, 2.24) is 9.97 Å². The van der Waals surface area contributed by atoms with Crippen molar-refractivity contribution in [1.29, 1.82) is 0 Å². The van der Waals surface area contributed by atoms with Gasteiger partial charge in [-0.15, -0.1) is 11.3 Å². The molecule has 0 bridgehead atoms. The molecule has 1 N–H and O–H groups in total. The van der Waals surface area contributed by atoms with Gasteiger partial charge in [0.1, 0.15) is 12.1 Å². The number of hydrogen-bond donors (Lipinski definition) is 1. The molecule has 0 saturated carbocycles. The lowest BCUT2D eigenvalue weighted by atomic mass is 10.2. The molecule has 0 radical (unpaired) electrons. The summed E-state index contributed by atoms with van der Waals surface area (Å²) >= 11 is 1.62. The van der Waals surface area contributed by atoms with Crippen LogP contribution in [0.15, 0.2) is 36.0 Å². The molecule has 19 heavy (non-hydrogen) atoms. The average Bonchev–Trinajstić information content (AvgIpc) is 2.88. The number of aryl methyl sites for hydroxylation is 1. The van der Waals surface area contributed by atoms with E-state index in [9.17, 15) is 0 Å². The summed E-state index contributed by atoms with van der Waals surface area (Å²) in [4.78, 5) is 8.54. The summed E-state index contributed by atoms with van der Waals surface area (Å²) in [7, 11) is 1.66. The molecule has 0 saturated heterocycles. The van der Waals surface area contributed by atoms with E-state index >= 15 is 0 Å². The highest BCUT2D eigenvalue weighted by atomic mass is 32.1. The molecule has 0 unspecified atom stereocenters. The molecule has 3 aromatic rings. The van der Waals surface area contributed by atoms with E-state index < -0.39 is 0 Å². The van der Waals surface area contributed by atoms with Crippen LogP contribution in [0.2, 0.25) is 0 Å². The second-order valence-electron chi connectivity index (χ2n) is 4.19. The minimum atomic E-state index is 0.800. The van der Waals surface area contributed by atoms with Crippen molar-refractivity contribution in [2.45, 2.75) is 6.92 Å². The zero-order chi connectivity index (χ0) is 13.2. The number of aromatic nitrogens is 2. The third-order valence-corrected chi connectivity index (χ3v) is 3.76. The average molecular weight is 271 g/mol. The molecule has 0 amide bonds. The standard InChI is InChI=1S/C14H13N3OS/c1-9-3-4-12(18-2)11(7-9)17-14-13-10(5-6-19-13)15-8-16-14/h3-8H,1-2H3,(H,15,16,17). The molecular formula is C14H13N3OS. The van der Waals surface area contributed by atoms with Crippen molar-refractivity contribution < 1.29 is 4.74 Å². The van der Waals surface area contributed by atoms with Gasteiger partial charge in [-0.25, -0.2) is 9.97 Å². The number of fused-ring (bicyclic) bond motifs is 1. The van der Waals surface area contributed by atoms with Crippen LogP contribution in [0.1, 0.15) is 5.56 Å². The first-order chi connectivity index (χ1) is 9.28. The van der Waals surface area contributed by atoms with E-state index in [-0.39, 0.29) is 0 Å². The molecule has 0 fully saturated rings. The van der Waals surface area contributed by atoms with Crippen LogP contribution < -0.4 is 10.1 Å². The van der Waals surface area contributed by atoms with Gasteiger partial charge in [-0.1, -0.05) is 6.07 Å². The monoisotopic (exact) mass is 271 g/mol. The predicted molar refractivity (Wildman–Crippen MR) is 78.4 cm³/mol. The summed E-state index contributed by atoms with van der Waals surface area (Å²) < 4.78 is 6.41. The highest BCUT2D eigenvalue weighted by Crippen LogP contribution is 2.32. The number of methoxy groups -OCH3 is 1. The van der Waals surface area contributed by atoms with Crippen molar-refractivity contribution in [3.8, 4) is 5.75 Å². The largest absolute Gasteiger partial charge is 0.495 e. The quantitative estimate of drug-likeness (QED) is 0.788. The Morgan fingerprint density at radius 2 is 2.11 bits per heavy atom. The van der Waals surface area contributed by atoms with E-state index in [1.165, 1.54) is 5.56 Å². The Morgan fingerprint density at radius 3 is 2.95 bits per heavy atom. The lowest BCUT2D eigenvalue weighted by molar-refractivity contribution is 0.416. The van der Waals surface area contributed by atoms with Gasteiger partial charge in [0, 0.05) is 0 Å². The van der Waals surface area contributed by atoms with Crippen molar-refractivity contribution in [2.75, 3.05) is 12.4 Å². The molecule has 0 aliphatic rings. The summed E-state index contributed by atoms with van der Waals surface area (Å²) in [5.74, 6) is 1.61. The van der Waals surface area contributed by atoms with E-state index in [4.69, 9.17) is 4.74 Å². The summed E-state index contributed by atoms with van der Waals surface area (Å²) in [6, 6.07) is 8.00. The molecule has 0 atom stereocenters. The first kappa shape index (κ1) is 11.9. The van der Waals surface area contributed by atoms with Crippen LogP contribution in [0.3, 0.4) is 0 Å². The van der Waals surface area contributed by atoms with Gasteiger partial charge in [0.15, 0.2) is 5.82 Å².